The summed E-state index contributed by atoms with van der Waals surface area (Å²) in [6.45, 7) is 20.4. The lowest BCUT2D eigenvalue weighted by Crippen LogP contribution is -2.41. The third-order valence-electron chi connectivity index (χ3n) is 5.95. The molecule has 0 aromatic heterocycles. The smallest absolute Gasteiger partial charge is 0.403 e. The van der Waals surface area contributed by atoms with Gasteiger partial charge in [-0.25, -0.2) is 0 Å². The average molecular weight is 322 g/mol. The fraction of sp³-hybridized carbons (Fsp3) is 0.882. The van der Waals surface area contributed by atoms with Crippen molar-refractivity contribution in [2.75, 3.05) is 0 Å². The summed E-state index contributed by atoms with van der Waals surface area (Å²) in [5.41, 5.74) is -1.40. The summed E-state index contributed by atoms with van der Waals surface area (Å²) < 4.78 is 25.0. The Balaban J connectivity index is 2.21. The molecule has 0 unspecified atom stereocenters. The van der Waals surface area contributed by atoms with E-state index in [9.17, 15) is 0 Å². The fourth-order valence-corrected chi connectivity index (χ4v) is 2.84. The Morgan fingerprint density at radius 1 is 0.739 bits per heavy atom. The number of rotatable bonds is 5. The second kappa shape index (κ2) is 5.90. The van der Waals surface area contributed by atoms with E-state index in [1.54, 1.807) is 0 Å². The van der Waals surface area contributed by atoms with E-state index in [1.165, 1.54) is 0 Å². The van der Waals surface area contributed by atoms with E-state index in [0.29, 0.717) is 0 Å². The maximum atomic E-state index is 6.26. The van der Waals surface area contributed by atoms with Crippen LogP contribution in [0, 0.1) is 0 Å². The van der Waals surface area contributed by atoms with Crippen LogP contribution in [0.15, 0.2) is 12.7 Å². The maximum Gasteiger partial charge on any atom is 0.458 e. The molecular weight excluding hydrogens is 290 g/mol. The van der Waals surface area contributed by atoms with Crippen molar-refractivity contribution in [3.63, 3.8) is 0 Å². The van der Waals surface area contributed by atoms with Gasteiger partial charge in [-0.05, 0) is 61.8 Å². The van der Waals surface area contributed by atoms with Crippen molar-refractivity contribution >= 4 is 14.2 Å². The Labute approximate surface area is 142 Å². The Morgan fingerprint density at radius 3 is 1.30 bits per heavy atom. The van der Waals surface area contributed by atoms with Gasteiger partial charge in [0.2, 0.25) is 0 Å². The lowest BCUT2D eigenvalue weighted by molar-refractivity contribution is 0.00578. The minimum atomic E-state index is -0.353. The topological polar surface area (TPSA) is 36.9 Å². The van der Waals surface area contributed by atoms with Crippen LogP contribution in [-0.4, -0.2) is 36.6 Å². The Hall–Kier alpha value is -0.290. The highest BCUT2D eigenvalue weighted by Gasteiger charge is 2.61. The molecule has 2 aliphatic rings. The Kier molecular flexibility index (Phi) is 4.89. The Bertz CT molecular complexity index is 392. The van der Waals surface area contributed by atoms with E-state index in [2.05, 4.69) is 62.0 Å². The van der Waals surface area contributed by atoms with Crippen LogP contribution in [0.2, 0.25) is 5.72 Å². The molecule has 0 amide bonds. The van der Waals surface area contributed by atoms with E-state index < -0.39 is 0 Å². The SMILES string of the molecule is C=CCCC(B1OC(C)(C)C(C)(C)O1)B1OC(C)(C)C(C)(C)O1. The van der Waals surface area contributed by atoms with Crippen molar-refractivity contribution < 1.29 is 18.6 Å². The van der Waals surface area contributed by atoms with E-state index in [-0.39, 0.29) is 42.4 Å². The lowest BCUT2D eigenvalue weighted by Gasteiger charge is -2.32. The molecule has 2 heterocycles. The molecule has 4 nitrogen and oxygen atoms in total. The van der Waals surface area contributed by atoms with Crippen LogP contribution in [0.5, 0.6) is 0 Å². The summed E-state index contributed by atoms with van der Waals surface area (Å²) in [4.78, 5) is 0. The predicted molar refractivity (Wildman–Crippen MR) is 95.3 cm³/mol. The highest BCUT2D eigenvalue weighted by molar-refractivity contribution is 6.68. The molecule has 130 valence electrons. The first-order valence-corrected chi connectivity index (χ1v) is 8.65. The van der Waals surface area contributed by atoms with Gasteiger partial charge in [-0.3, -0.25) is 0 Å². The number of allylic oxidation sites excluding steroid dienone is 1. The molecule has 0 atom stereocenters. The predicted octanol–water partition coefficient (Wildman–Crippen LogP) is 4.05. The monoisotopic (exact) mass is 322 g/mol. The summed E-state index contributed by atoms with van der Waals surface area (Å²) in [7, 11) is -0.677. The van der Waals surface area contributed by atoms with Crippen LogP contribution in [-0.2, 0) is 18.6 Å². The fourth-order valence-electron chi connectivity index (χ4n) is 2.84. The molecule has 0 saturated carbocycles. The maximum absolute atomic E-state index is 6.26. The van der Waals surface area contributed by atoms with Gasteiger partial charge >= 0.3 is 14.2 Å². The largest absolute Gasteiger partial charge is 0.458 e. The summed E-state index contributed by atoms with van der Waals surface area (Å²) >= 11 is 0. The zero-order valence-corrected chi connectivity index (χ0v) is 16.1. The van der Waals surface area contributed by atoms with Gasteiger partial charge in [-0.2, -0.15) is 0 Å². The molecular formula is C17H32B2O4. The van der Waals surface area contributed by atoms with Crippen LogP contribution in [0.25, 0.3) is 0 Å². The lowest BCUT2D eigenvalue weighted by atomic mass is 9.50. The third kappa shape index (κ3) is 3.41. The van der Waals surface area contributed by atoms with Crippen LogP contribution >= 0.6 is 0 Å². The first kappa shape index (κ1) is 19.0. The summed E-state index contributed by atoms with van der Waals surface area (Å²) in [5, 5.41) is 0. The average Bonchev–Trinajstić information content (AvgIpc) is 2.69. The highest BCUT2D eigenvalue weighted by Crippen LogP contribution is 2.46. The molecule has 0 aromatic carbocycles. The second-order valence-corrected chi connectivity index (χ2v) is 8.78. The third-order valence-corrected chi connectivity index (χ3v) is 5.95. The molecule has 0 bridgehead atoms. The number of hydrogen-bond donors (Lipinski definition) is 0. The minimum Gasteiger partial charge on any atom is -0.403 e. The second-order valence-electron chi connectivity index (χ2n) is 8.78. The van der Waals surface area contributed by atoms with Crippen molar-refractivity contribution in [2.45, 2.75) is 96.4 Å². The van der Waals surface area contributed by atoms with E-state index in [0.717, 1.165) is 12.8 Å². The van der Waals surface area contributed by atoms with Crippen LogP contribution in [0.3, 0.4) is 0 Å². The molecule has 0 N–H and O–H groups in total. The molecule has 23 heavy (non-hydrogen) atoms. The van der Waals surface area contributed by atoms with Crippen molar-refractivity contribution in [1.82, 2.24) is 0 Å². The van der Waals surface area contributed by atoms with Gasteiger partial charge in [0.1, 0.15) is 0 Å². The summed E-state index contributed by atoms with van der Waals surface area (Å²) in [6, 6.07) is 0. The molecule has 0 aliphatic carbocycles. The van der Waals surface area contributed by atoms with Gasteiger partial charge in [0, 0.05) is 5.72 Å². The standard InChI is InChI=1S/C17H32B2O4/c1-10-11-12-13(18-20-14(2,3)15(4,5)21-18)19-22-16(6,7)17(8,9)23-19/h10,13H,1,11-12H2,2-9H3. The molecule has 0 aromatic rings. The normalized spacial score (nSPS) is 27.7. The van der Waals surface area contributed by atoms with Gasteiger partial charge in [0.15, 0.2) is 0 Å². The Morgan fingerprint density at radius 2 is 1.04 bits per heavy atom. The van der Waals surface area contributed by atoms with Gasteiger partial charge in [-0.1, -0.05) is 12.5 Å². The molecule has 0 radical (unpaired) electrons. The summed E-state index contributed by atoms with van der Waals surface area (Å²) in [6.07, 6.45) is 3.65. The molecule has 2 saturated heterocycles. The van der Waals surface area contributed by atoms with Gasteiger partial charge < -0.3 is 18.6 Å². The molecule has 2 fully saturated rings. The zero-order valence-electron chi connectivity index (χ0n) is 16.1. The summed E-state index contributed by atoms with van der Waals surface area (Å²) in [5.74, 6) is 0. The molecule has 0 spiro atoms. The van der Waals surface area contributed by atoms with Gasteiger partial charge in [-0.15, -0.1) is 6.58 Å². The quantitative estimate of drug-likeness (QED) is 0.565. The zero-order chi connectivity index (χ0) is 17.7. The van der Waals surface area contributed by atoms with Gasteiger partial charge in [0.05, 0.1) is 22.4 Å². The van der Waals surface area contributed by atoms with Gasteiger partial charge in [0.25, 0.3) is 0 Å². The molecule has 6 heteroatoms. The van der Waals surface area contributed by atoms with Crippen LogP contribution in [0.1, 0.15) is 68.2 Å². The van der Waals surface area contributed by atoms with Crippen molar-refractivity contribution in [1.29, 1.82) is 0 Å². The first-order chi connectivity index (χ1) is 10.3. The minimum absolute atomic E-state index is 0.00935. The van der Waals surface area contributed by atoms with E-state index in [4.69, 9.17) is 18.6 Å². The van der Waals surface area contributed by atoms with Crippen molar-refractivity contribution in [3.8, 4) is 0 Å². The first-order valence-electron chi connectivity index (χ1n) is 8.65. The molecule has 2 rings (SSSR count). The van der Waals surface area contributed by atoms with Crippen LogP contribution in [0.4, 0.5) is 0 Å². The van der Waals surface area contributed by atoms with E-state index >= 15 is 0 Å². The number of hydrogen-bond acceptors (Lipinski definition) is 4. The van der Waals surface area contributed by atoms with Crippen molar-refractivity contribution in [3.05, 3.63) is 12.7 Å². The van der Waals surface area contributed by atoms with Crippen LogP contribution < -0.4 is 0 Å². The van der Waals surface area contributed by atoms with Crippen molar-refractivity contribution in [2.24, 2.45) is 0 Å². The highest BCUT2D eigenvalue weighted by atomic mass is 16.7. The molecule has 2 aliphatic heterocycles. The van der Waals surface area contributed by atoms with E-state index in [1.807, 2.05) is 6.08 Å².